The van der Waals surface area contributed by atoms with Gasteiger partial charge in [0.1, 0.15) is 0 Å². The lowest BCUT2D eigenvalue weighted by Gasteiger charge is -3.00. The maximum atomic E-state index is 2.11. The number of rotatable bonds is 0. The van der Waals surface area contributed by atoms with Gasteiger partial charge in [0.2, 0.25) is 0 Å². The Labute approximate surface area is 147 Å². The second-order valence-corrected chi connectivity index (χ2v) is 10.8. The molecule has 0 heterocycles. The van der Waals surface area contributed by atoms with Gasteiger partial charge in [0.15, 0.2) is 0 Å². The third-order valence-electron chi connectivity index (χ3n) is 11.3. The van der Waals surface area contributed by atoms with Crippen LogP contribution in [0.1, 0.15) is 103 Å². The average molecular weight is 323 g/mol. The van der Waals surface area contributed by atoms with Gasteiger partial charge in [0.05, 0.1) is 0 Å². The molecule has 2 unspecified atom stereocenters. The van der Waals surface area contributed by atoms with Gasteiger partial charge in [-0.2, -0.15) is 0 Å². The van der Waals surface area contributed by atoms with Crippen LogP contribution >= 0.6 is 0 Å². The summed E-state index contributed by atoms with van der Waals surface area (Å²) in [5.74, 6) is 2.32. The maximum absolute atomic E-state index is 2.11. The van der Waals surface area contributed by atoms with Crippen molar-refractivity contribution in [3.05, 3.63) is 11.1 Å². The van der Waals surface area contributed by atoms with E-state index in [-0.39, 0.29) is 0 Å². The zero-order valence-electron chi connectivity index (χ0n) is 15.5. The van der Waals surface area contributed by atoms with Crippen molar-refractivity contribution in [2.24, 2.45) is 33.5 Å². The predicted molar refractivity (Wildman–Crippen MR) is 97.6 cm³/mol. The first-order chi connectivity index (χ1) is 11.9. The molecule has 0 aromatic rings. The van der Waals surface area contributed by atoms with E-state index in [2.05, 4.69) is 11.1 Å². The maximum Gasteiger partial charge on any atom is 0.00789 e. The Hall–Kier alpha value is -0.260. The highest BCUT2D eigenvalue weighted by atomic mass is 15.0. The summed E-state index contributed by atoms with van der Waals surface area (Å²) in [5.41, 5.74) is 7.42. The number of fused-ring (bicyclic) bond motifs is 1. The minimum absolute atomic E-state index is 0.771. The first-order valence-electron chi connectivity index (χ1n) is 11.6. The van der Waals surface area contributed by atoms with Crippen molar-refractivity contribution >= 4 is 0 Å². The molecule has 0 aliphatic heterocycles. The SMILES string of the molecule is C1CCC2=C(C1)[C@@]13CCCC[C@@]21[C@@]12CCCCC1C1CCCC[C@]132. The second-order valence-electron chi connectivity index (χ2n) is 10.8. The number of hydrogen-bond donors (Lipinski definition) is 0. The second kappa shape index (κ2) is 4.01. The van der Waals surface area contributed by atoms with Crippen LogP contribution in [0.5, 0.6) is 0 Å². The molecule has 2 spiro atoms. The molecule has 0 aromatic heterocycles. The zero-order valence-corrected chi connectivity index (χ0v) is 15.5. The lowest BCUT2D eigenvalue weighted by atomic mass is 9.03. The van der Waals surface area contributed by atoms with Crippen LogP contribution in [0.4, 0.5) is 0 Å². The third-order valence-corrected chi connectivity index (χ3v) is 11.3. The molecule has 0 amide bonds. The monoisotopic (exact) mass is 322 g/mol. The number of allylic oxidation sites excluding steroid dienone is 2. The Bertz CT molecular complexity index is 601. The molecular weight excluding hydrogens is 288 g/mol. The first kappa shape index (κ1) is 13.9. The van der Waals surface area contributed by atoms with E-state index in [9.17, 15) is 0 Å². The fraction of sp³-hybridized carbons (Fsp3) is 0.917. The molecule has 5 saturated carbocycles. The van der Waals surface area contributed by atoms with Gasteiger partial charge in [-0.05, 0) is 86.9 Å². The summed E-state index contributed by atoms with van der Waals surface area (Å²) in [7, 11) is 0. The van der Waals surface area contributed by atoms with Crippen molar-refractivity contribution < 1.29 is 0 Å². The lowest BCUT2D eigenvalue weighted by Crippen LogP contribution is -2.95. The lowest BCUT2D eigenvalue weighted by molar-refractivity contribution is -0.482. The third kappa shape index (κ3) is 0.940. The van der Waals surface area contributed by atoms with Gasteiger partial charge in [-0.25, -0.2) is 0 Å². The Kier molecular flexibility index (Phi) is 2.32. The Morgan fingerprint density at radius 2 is 0.958 bits per heavy atom. The molecule has 7 aliphatic rings. The van der Waals surface area contributed by atoms with Crippen LogP contribution in [0.15, 0.2) is 11.1 Å². The van der Waals surface area contributed by atoms with Crippen LogP contribution in [0, 0.1) is 33.5 Å². The summed E-state index contributed by atoms with van der Waals surface area (Å²) in [5, 5.41) is 0. The van der Waals surface area contributed by atoms with Crippen LogP contribution in [-0.4, -0.2) is 0 Å². The molecule has 0 N–H and O–H groups in total. The summed E-state index contributed by atoms with van der Waals surface area (Å²) in [6, 6.07) is 0. The molecule has 7 aliphatic carbocycles. The zero-order chi connectivity index (χ0) is 15.6. The van der Waals surface area contributed by atoms with Crippen molar-refractivity contribution in [2.45, 2.75) is 103 Å². The van der Waals surface area contributed by atoms with E-state index in [1.165, 1.54) is 25.7 Å². The minimum atomic E-state index is 0.771. The van der Waals surface area contributed by atoms with Gasteiger partial charge >= 0.3 is 0 Å². The molecule has 0 saturated heterocycles. The van der Waals surface area contributed by atoms with E-state index in [1.807, 2.05) is 0 Å². The van der Waals surface area contributed by atoms with Crippen LogP contribution < -0.4 is 0 Å². The van der Waals surface area contributed by atoms with E-state index < -0.39 is 0 Å². The molecular formula is C24H34. The Balaban J connectivity index is 1.51. The van der Waals surface area contributed by atoms with Crippen LogP contribution in [0.2, 0.25) is 0 Å². The summed E-state index contributed by atoms with van der Waals surface area (Å²) >= 11 is 0. The largest absolute Gasteiger partial charge is 0.0627 e. The van der Waals surface area contributed by atoms with Gasteiger partial charge < -0.3 is 0 Å². The van der Waals surface area contributed by atoms with Gasteiger partial charge in [0, 0.05) is 10.8 Å². The molecule has 0 heteroatoms. The van der Waals surface area contributed by atoms with Crippen molar-refractivity contribution in [1.29, 1.82) is 0 Å². The molecule has 7 rings (SSSR count). The Morgan fingerprint density at radius 3 is 1.46 bits per heavy atom. The minimum Gasteiger partial charge on any atom is -0.0627 e. The van der Waals surface area contributed by atoms with Crippen LogP contribution in [0.25, 0.3) is 0 Å². The van der Waals surface area contributed by atoms with Crippen molar-refractivity contribution in [1.82, 2.24) is 0 Å². The molecule has 130 valence electrons. The summed E-state index contributed by atoms with van der Waals surface area (Å²) in [4.78, 5) is 0. The molecule has 0 aromatic carbocycles. The van der Waals surface area contributed by atoms with E-state index in [1.54, 1.807) is 77.0 Å². The van der Waals surface area contributed by atoms with Crippen molar-refractivity contribution in [2.75, 3.05) is 0 Å². The van der Waals surface area contributed by atoms with E-state index >= 15 is 0 Å². The molecule has 0 bridgehead atoms. The van der Waals surface area contributed by atoms with Gasteiger partial charge in [-0.3, -0.25) is 0 Å². The highest BCUT2D eigenvalue weighted by molar-refractivity contribution is 5.62. The van der Waals surface area contributed by atoms with Gasteiger partial charge in [-0.15, -0.1) is 0 Å². The van der Waals surface area contributed by atoms with E-state index in [0.29, 0.717) is 0 Å². The first-order valence-corrected chi connectivity index (χ1v) is 11.6. The molecule has 0 nitrogen and oxygen atoms in total. The molecule has 0 radical (unpaired) electrons. The highest BCUT2D eigenvalue weighted by Gasteiger charge is 2.98. The summed E-state index contributed by atoms with van der Waals surface area (Å²) in [6.45, 7) is 0. The van der Waals surface area contributed by atoms with Gasteiger partial charge in [0.25, 0.3) is 0 Å². The standard InChI is InChI=1S/C24H34/c1-2-10-18-17(9-1)23-15-7-8-16-24(18,23)22-14-6-4-12-20(22)19-11-3-5-13-21(19,22)23/h19-20H,1-16H2/t19?,20?,21-,22+,23-,24+. The molecule has 24 heavy (non-hydrogen) atoms. The molecule has 6 atom stereocenters. The highest BCUT2D eigenvalue weighted by Crippen LogP contribution is 3.04. The summed E-state index contributed by atoms with van der Waals surface area (Å²) in [6.07, 6.45) is 25.3. The quantitative estimate of drug-likeness (QED) is 0.430. The smallest absolute Gasteiger partial charge is 0.00789 e. The molecule has 5 fully saturated rings. The van der Waals surface area contributed by atoms with Crippen LogP contribution in [-0.2, 0) is 0 Å². The average Bonchev–Trinajstić information content (AvgIpc) is 2.64. The summed E-state index contributed by atoms with van der Waals surface area (Å²) < 4.78 is 0. The normalized spacial score (nSPS) is 60.0. The van der Waals surface area contributed by atoms with Crippen molar-refractivity contribution in [3.63, 3.8) is 0 Å². The van der Waals surface area contributed by atoms with E-state index in [0.717, 1.165) is 33.5 Å². The van der Waals surface area contributed by atoms with Crippen molar-refractivity contribution in [3.8, 4) is 0 Å². The Morgan fingerprint density at radius 1 is 0.500 bits per heavy atom. The number of hydrogen-bond acceptors (Lipinski definition) is 0. The van der Waals surface area contributed by atoms with E-state index in [4.69, 9.17) is 0 Å². The van der Waals surface area contributed by atoms with Gasteiger partial charge in [-0.1, -0.05) is 49.7 Å². The fourth-order valence-electron chi connectivity index (χ4n) is 11.8. The predicted octanol–water partition coefficient (Wildman–Crippen LogP) is 6.80. The topological polar surface area (TPSA) is 0 Å². The van der Waals surface area contributed by atoms with Crippen LogP contribution in [0.3, 0.4) is 0 Å². The fourth-order valence-corrected chi connectivity index (χ4v) is 11.8.